The van der Waals surface area contributed by atoms with E-state index in [1.54, 1.807) is 0 Å². The van der Waals surface area contributed by atoms with Gasteiger partial charge in [-0.3, -0.25) is 9.59 Å². The number of anilines is 2. The maximum Gasteiger partial charge on any atom is 0.224 e. The number of hydrogen-bond donors (Lipinski definition) is 2. The van der Waals surface area contributed by atoms with Gasteiger partial charge in [0.25, 0.3) is 0 Å². The number of carbonyl (C=O) groups is 2. The van der Waals surface area contributed by atoms with Crippen molar-refractivity contribution in [1.82, 2.24) is 0 Å². The highest BCUT2D eigenvalue weighted by Gasteiger charge is 2.23. The van der Waals surface area contributed by atoms with Gasteiger partial charge in [0.2, 0.25) is 11.8 Å². The molecule has 0 saturated heterocycles. The van der Waals surface area contributed by atoms with Gasteiger partial charge in [-0.1, -0.05) is 45.0 Å². The van der Waals surface area contributed by atoms with Crippen LogP contribution in [0.5, 0.6) is 0 Å². The van der Waals surface area contributed by atoms with Gasteiger partial charge in [0, 0.05) is 30.1 Å². The van der Waals surface area contributed by atoms with Crippen molar-refractivity contribution in [2.24, 2.45) is 0 Å². The molecule has 2 rings (SSSR count). The Balaban J connectivity index is 2.19. The molecular formula is C20H24N2O2. The summed E-state index contributed by atoms with van der Waals surface area (Å²) in [7, 11) is 0. The second kappa shape index (κ2) is 7.30. The van der Waals surface area contributed by atoms with E-state index in [0.717, 1.165) is 22.5 Å². The molecule has 0 heterocycles. The molecule has 0 spiro atoms. The number of nitrogens with one attached hydrogen (secondary N) is 2. The molecule has 2 aromatic rings. The van der Waals surface area contributed by atoms with Crippen LogP contribution in [0.1, 0.15) is 45.2 Å². The van der Waals surface area contributed by atoms with Crippen molar-refractivity contribution < 1.29 is 9.59 Å². The van der Waals surface area contributed by atoms with Gasteiger partial charge >= 0.3 is 0 Å². The van der Waals surface area contributed by atoms with Crippen LogP contribution in [-0.2, 0) is 15.0 Å². The largest absolute Gasteiger partial charge is 0.326 e. The fourth-order valence-electron chi connectivity index (χ4n) is 2.56. The van der Waals surface area contributed by atoms with Gasteiger partial charge in [-0.2, -0.15) is 0 Å². The van der Waals surface area contributed by atoms with Gasteiger partial charge in [-0.25, -0.2) is 0 Å². The average molecular weight is 324 g/mol. The molecule has 4 nitrogen and oxygen atoms in total. The molecule has 0 aliphatic heterocycles. The van der Waals surface area contributed by atoms with Gasteiger partial charge in [0.05, 0.1) is 0 Å². The normalized spacial score (nSPS) is 11.0. The van der Waals surface area contributed by atoms with Gasteiger partial charge in [0.1, 0.15) is 0 Å². The maximum absolute atomic E-state index is 11.5. The lowest BCUT2D eigenvalue weighted by Crippen LogP contribution is -2.19. The molecule has 0 unspecified atom stereocenters. The molecule has 4 heteroatoms. The van der Waals surface area contributed by atoms with E-state index < -0.39 is 0 Å². The van der Waals surface area contributed by atoms with Crippen LogP contribution < -0.4 is 10.6 Å². The molecule has 0 aliphatic carbocycles. The third-order valence-corrected chi connectivity index (χ3v) is 4.14. The van der Waals surface area contributed by atoms with Gasteiger partial charge in [0.15, 0.2) is 0 Å². The van der Waals surface area contributed by atoms with E-state index in [-0.39, 0.29) is 17.2 Å². The molecule has 0 aromatic heterocycles. The fourth-order valence-corrected chi connectivity index (χ4v) is 2.56. The van der Waals surface area contributed by atoms with Crippen molar-refractivity contribution in [3.8, 4) is 0 Å². The molecule has 0 saturated carbocycles. The minimum absolute atomic E-state index is 0.00979. The lowest BCUT2D eigenvalue weighted by Gasteiger charge is -2.26. The van der Waals surface area contributed by atoms with Crippen molar-refractivity contribution in [3.63, 3.8) is 0 Å². The molecule has 2 aromatic carbocycles. The van der Waals surface area contributed by atoms with E-state index in [9.17, 15) is 9.59 Å². The van der Waals surface area contributed by atoms with Crippen molar-refractivity contribution in [3.05, 3.63) is 59.7 Å². The first-order chi connectivity index (χ1) is 11.3. The first-order valence-corrected chi connectivity index (χ1v) is 8.11. The summed E-state index contributed by atoms with van der Waals surface area (Å²) in [5.41, 5.74) is 3.73. The first kappa shape index (κ1) is 17.7. The monoisotopic (exact) mass is 324 g/mol. The van der Waals surface area contributed by atoms with E-state index in [1.165, 1.54) is 6.92 Å². The van der Waals surface area contributed by atoms with Crippen LogP contribution in [0.25, 0.3) is 0 Å². The third kappa shape index (κ3) is 4.22. The summed E-state index contributed by atoms with van der Waals surface area (Å²) in [6, 6.07) is 15.8. The van der Waals surface area contributed by atoms with E-state index in [1.807, 2.05) is 55.5 Å². The Labute approximate surface area is 143 Å². The summed E-state index contributed by atoms with van der Waals surface area (Å²) in [6.07, 6.45) is 0.466. The van der Waals surface area contributed by atoms with Gasteiger partial charge < -0.3 is 10.6 Å². The van der Waals surface area contributed by atoms with Gasteiger partial charge in [-0.05, 0) is 35.4 Å². The smallest absolute Gasteiger partial charge is 0.224 e. The summed E-state index contributed by atoms with van der Waals surface area (Å²) in [6.45, 7) is 7.63. The molecular weight excluding hydrogens is 300 g/mol. The Morgan fingerprint density at radius 1 is 0.833 bits per heavy atom. The lowest BCUT2D eigenvalue weighted by molar-refractivity contribution is -0.116. The molecule has 0 aliphatic rings. The number of rotatable bonds is 5. The van der Waals surface area contributed by atoms with Crippen molar-refractivity contribution in [2.45, 2.75) is 39.5 Å². The predicted octanol–water partition coefficient (Wildman–Crippen LogP) is 4.32. The summed E-state index contributed by atoms with van der Waals surface area (Å²) in [4.78, 5) is 22.6. The SMILES string of the molecule is CCC(=O)Nc1ccc(C(C)(C)c2ccc(NC(C)=O)cc2)cc1. The lowest BCUT2D eigenvalue weighted by atomic mass is 9.78. The molecule has 24 heavy (non-hydrogen) atoms. The standard InChI is InChI=1S/C20H24N2O2/c1-5-19(24)22-18-12-8-16(9-13-18)20(3,4)15-6-10-17(11-7-15)21-14(2)23/h6-13H,5H2,1-4H3,(H,21,23)(H,22,24). The molecule has 0 bridgehead atoms. The highest BCUT2D eigenvalue weighted by molar-refractivity contribution is 5.90. The zero-order chi connectivity index (χ0) is 17.7. The van der Waals surface area contributed by atoms with E-state index in [0.29, 0.717) is 6.42 Å². The minimum Gasteiger partial charge on any atom is -0.326 e. The van der Waals surface area contributed by atoms with Crippen molar-refractivity contribution in [2.75, 3.05) is 10.6 Å². The minimum atomic E-state index is -0.179. The molecule has 2 amide bonds. The highest BCUT2D eigenvalue weighted by atomic mass is 16.2. The van der Waals surface area contributed by atoms with Crippen LogP contribution >= 0.6 is 0 Å². The second-order valence-electron chi connectivity index (χ2n) is 6.36. The predicted molar refractivity (Wildman–Crippen MR) is 98.2 cm³/mol. The van der Waals surface area contributed by atoms with Crippen LogP contribution in [0.15, 0.2) is 48.5 Å². The highest BCUT2D eigenvalue weighted by Crippen LogP contribution is 2.32. The first-order valence-electron chi connectivity index (χ1n) is 8.11. The zero-order valence-corrected chi connectivity index (χ0v) is 14.6. The number of amides is 2. The second-order valence-corrected chi connectivity index (χ2v) is 6.36. The van der Waals surface area contributed by atoms with Crippen molar-refractivity contribution in [1.29, 1.82) is 0 Å². The number of hydrogen-bond acceptors (Lipinski definition) is 2. The maximum atomic E-state index is 11.5. The molecule has 0 radical (unpaired) electrons. The summed E-state index contributed by atoms with van der Waals surface area (Å²) < 4.78 is 0. The Hall–Kier alpha value is -2.62. The number of carbonyl (C=O) groups excluding carboxylic acids is 2. The Morgan fingerprint density at radius 3 is 1.62 bits per heavy atom. The number of benzene rings is 2. The summed E-state index contributed by atoms with van der Waals surface area (Å²) in [5, 5.41) is 5.63. The summed E-state index contributed by atoms with van der Waals surface area (Å²) in [5.74, 6) is -0.0673. The van der Waals surface area contributed by atoms with Crippen LogP contribution in [0.2, 0.25) is 0 Å². The molecule has 126 valence electrons. The fraction of sp³-hybridized carbons (Fsp3) is 0.300. The summed E-state index contributed by atoms with van der Waals surface area (Å²) >= 11 is 0. The topological polar surface area (TPSA) is 58.2 Å². The van der Waals surface area contributed by atoms with Crippen LogP contribution in [0, 0.1) is 0 Å². The van der Waals surface area contributed by atoms with Crippen LogP contribution in [-0.4, -0.2) is 11.8 Å². The quantitative estimate of drug-likeness (QED) is 0.860. The van der Waals surface area contributed by atoms with E-state index in [2.05, 4.69) is 24.5 Å². The molecule has 2 N–H and O–H groups in total. The Morgan fingerprint density at radius 2 is 1.25 bits per heavy atom. The zero-order valence-electron chi connectivity index (χ0n) is 14.6. The van der Waals surface area contributed by atoms with E-state index in [4.69, 9.17) is 0 Å². The Bertz CT molecular complexity index is 716. The van der Waals surface area contributed by atoms with Crippen molar-refractivity contribution >= 4 is 23.2 Å². The molecule has 0 fully saturated rings. The average Bonchev–Trinajstić information content (AvgIpc) is 2.55. The van der Waals surface area contributed by atoms with Crippen LogP contribution in [0.3, 0.4) is 0 Å². The van der Waals surface area contributed by atoms with Gasteiger partial charge in [-0.15, -0.1) is 0 Å². The Kier molecular flexibility index (Phi) is 5.39. The molecule has 0 atom stereocenters. The van der Waals surface area contributed by atoms with Crippen LogP contribution in [0.4, 0.5) is 11.4 Å². The third-order valence-electron chi connectivity index (χ3n) is 4.14. The van der Waals surface area contributed by atoms with E-state index >= 15 is 0 Å².